The van der Waals surface area contributed by atoms with Crippen LogP contribution in [-0.4, -0.2) is 40.0 Å². The third-order valence-corrected chi connectivity index (χ3v) is 3.90. The van der Waals surface area contributed by atoms with E-state index in [9.17, 15) is 9.90 Å². The Bertz CT molecular complexity index is 828. The standard InChI is InChI=1S/C16H15ClN4O3/c1-21(7-6-10-8-18-19-9-10)15-13(16(22)23)14(24-20-15)11-2-4-12(17)5-3-11/h2-5,8-9H,6-7H2,1H3,(H,18,19)(H,22,23). The number of nitrogens with zero attached hydrogens (tertiary/aromatic N) is 3. The summed E-state index contributed by atoms with van der Waals surface area (Å²) in [5, 5.41) is 20.7. The number of halogens is 1. The monoisotopic (exact) mass is 346 g/mol. The molecule has 0 fully saturated rings. The summed E-state index contributed by atoms with van der Waals surface area (Å²) < 4.78 is 5.31. The first-order valence-corrected chi connectivity index (χ1v) is 7.61. The number of aromatic carboxylic acids is 1. The van der Waals surface area contributed by atoms with Crippen molar-refractivity contribution in [3.8, 4) is 11.3 Å². The quantitative estimate of drug-likeness (QED) is 0.712. The van der Waals surface area contributed by atoms with Gasteiger partial charge >= 0.3 is 5.97 Å². The summed E-state index contributed by atoms with van der Waals surface area (Å²) in [6, 6.07) is 6.75. The van der Waals surface area contributed by atoms with Gasteiger partial charge in [0.2, 0.25) is 0 Å². The minimum atomic E-state index is -1.09. The van der Waals surface area contributed by atoms with E-state index in [0.29, 0.717) is 23.6 Å². The van der Waals surface area contributed by atoms with Crippen LogP contribution in [0.2, 0.25) is 5.02 Å². The molecule has 24 heavy (non-hydrogen) atoms. The first-order chi connectivity index (χ1) is 11.6. The van der Waals surface area contributed by atoms with Crippen molar-refractivity contribution in [1.82, 2.24) is 15.4 Å². The van der Waals surface area contributed by atoms with Crippen molar-refractivity contribution >= 4 is 23.4 Å². The molecule has 0 aliphatic rings. The third kappa shape index (κ3) is 3.26. The van der Waals surface area contributed by atoms with Crippen LogP contribution in [-0.2, 0) is 6.42 Å². The van der Waals surface area contributed by atoms with E-state index in [0.717, 1.165) is 5.56 Å². The summed E-state index contributed by atoms with van der Waals surface area (Å²) in [4.78, 5) is 13.5. The Morgan fingerprint density at radius 2 is 2.12 bits per heavy atom. The molecule has 8 heteroatoms. The maximum Gasteiger partial charge on any atom is 0.343 e. The van der Waals surface area contributed by atoms with Gasteiger partial charge in [0.25, 0.3) is 0 Å². The molecule has 0 unspecified atom stereocenters. The highest BCUT2D eigenvalue weighted by Crippen LogP contribution is 2.31. The van der Waals surface area contributed by atoms with Crippen LogP contribution in [0.4, 0.5) is 5.82 Å². The third-order valence-electron chi connectivity index (χ3n) is 3.65. The minimum absolute atomic E-state index is 0.0343. The zero-order valence-corrected chi connectivity index (χ0v) is 13.6. The van der Waals surface area contributed by atoms with Crippen molar-refractivity contribution in [3.63, 3.8) is 0 Å². The van der Waals surface area contributed by atoms with Gasteiger partial charge in [0.05, 0.1) is 6.20 Å². The number of H-pyrrole nitrogens is 1. The number of carboxylic acid groups (broad SMARTS) is 1. The average molecular weight is 347 g/mol. The van der Waals surface area contributed by atoms with Crippen LogP contribution in [0, 0.1) is 0 Å². The molecular formula is C16H15ClN4O3. The minimum Gasteiger partial charge on any atom is -0.477 e. The first-order valence-electron chi connectivity index (χ1n) is 7.24. The van der Waals surface area contributed by atoms with Crippen molar-refractivity contribution in [2.24, 2.45) is 0 Å². The number of aromatic amines is 1. The molecule has 0 bridgehead atoms. The summed E-state index contributed by atoms with van der Waals surface area (Å²) in [7, 11) is 1.77. The summed E-state index contributed by atoms with van der Waals surface area (Å²) in [5.41, 5.74) is 1.67. The molecule has 2 N–H and O–H groups in total. The van der Waals surface area contributed by atoms with Crippen molar-refractivity contribution < 1.29 is 14.4 Å². The normalized spacial score (nSPS) is 10.8. The molecule has 2 aromatic heterocycles. The molecule has 0 atom stereocenters. The maximum absolute atomic E-state index is 11.7. The van der Waals surface area contributed by atoms with E-state index >= 15 is 0 Å². The molecule has 0 saturated carbocycles. The molecule has 0 spiro atoms. The molecule has 0 saturated heterocycles. The molecule has 0 aliphatic carbocycles. The van der Waals surface area contributed by atoms with E-state index in [4.69, 9.17) is 16.1 Å². The lowest BCUT2D eigenvalue weighted by Crippen LogP contribution is -2.22. The zero-order chi connectivity index (χ0) is 17.1. The molecule has 3 rings (SSSR count). The first kappa shape index (κ1) is 16.1. The SMILES string of the molecule is CN(CCc1cn[nH]c1)c1noc(-c2ccc(Cl)cc2)c1C(=O)O. The molecule has 0 amide bonds. The fourth-order valence-electron chi connectivity index (χ4n) is 2.35. The van der Waals surface area contributed by atoms with Crippen molar-refractivity contribution in [3.05, 3.63) is 52.8 Å². The van der Waals surface area contributed by atoms with Gasteiger partial charge in [0, 0.05) is 30.4 Å². The predicted molar refractivity (Wildman–Crippen MR) is 89.5 cm³/mol. The van der Waals surface area contributed by atoms with E-state index in [1.807, 2.05) is 0 Å². The number of carboxylic acids is 1. The van der Waals surface area contributed by atoms with Crippen molar-refractivity contribution in [2.45, 2.75) is 6.42 Å². The van der Waals surface area contributed by atoms with Gasteiger partial charge in [-0.15, -0.1) is 0 Å². The highest BCUT2D eigenvalue weighted by Gasteiger charge is 2.26. The van der Waals surface area contributed by atoms with Crippen LogP contribution < -0.4 is 4.90 Å². The van der Waals surface area contributed by atoms with Gasteiger partial charge in [-0.1, -0.05) is 16.8 Å². The van der Waals surface area contributed by atoms with Crippen molar-refractivity contribution in [1.29, 1.82) is 0 Å². The maximum atomic E-state index is 11.7. The number of benzene rings is 1. The van der Waals surface area contributed by atoms with Gasteiger partial charge in [-0.3, -0.25) is 5.10 Å². The van der Waals surface area contributed by atoms with E-state index < -0.39 is 5.97 Å². The van der Waals surface area contributed by atoms with Gasteiger partial charge in [-0.2, -0.15) is 5.10 Å². The Labute approximate surface area is 142 Å². The molecule has 0 radical (unpaired) electrons. The number of hydrogen-bond acceptors (Lipinski definition) is 5. The number of nitrogens with one attached hydrogen (secondary N) is 1. The molecule has 1 aromatic carbocycles. The van der Waals surface area contributed by atoms with E-state index in [1.54, 1.807) is 48.6 Å². The summed E-state index contributed by atoms with van der Waals surface area (Å²) in [5.74, 6) is -0.591. The van der Waals surface area contributed by atoms with Crippen molar-refractivity contribution in [2.75, 3.05) is 18.5 Å². The van der Waals surface area contributed by atoms with Crippen LogP contribution >= 0.6 is 11.6 Å². The number of aromatic nitrogens is 3. The van der Waals surface area contributed by atoms with Crippen LogP contribution in [0.5, 0.6) is 0 Å². The second-order valence-electron chi connectivity index (χ2n) is 5.30. The molecule has 2 heterocycles. The smallest absolute Gasteiger partial charge is 0.343 e. The van der Waals surface area contributed by atoms with Crippen LogP contribution in [0.1, 0.15) is 15.9 Å². The van der Waals surface area contributed by atoms with Crippen LogP contribution in [0.25, 0.3) is 11.3 Å². The molecule has 3 aromatic rings. The van der Waals surface area contributed by atoms with E-state index in [-0.39, 0.29) is 17.1 Å². The second kappa shape index (κ2) is 6.76. The van der Waals surface area contributed by atoms with Gasteiger partial charge in [-0.25, -0.2) is 4.79 Å². The fourth-order valence-corrected chi connectivity index (χ4v) is 2.48. The number of rotatable bonds is 6. The molecule has 124 valence electrons. The predicted octanol–water partition coefficient (Wildman–Crippen LogP) is 3.10. The lowest BCUT2D eigenvalue weighted by molar-refractivity contribution is 0.0698. The Hall–Kier alpha value is -2.80. The Balaban J connectivity index is 1.88. The number of likely N-dealkylation sites (N-methyl/N-ethyl adjacent to an activating group) is 1. The summed E-state index contributed by atoms with van der Waals surface area (Å²) in [6.45, 7) is 0.576. The zero-order valence-electron chi connectivity index (χ0n) is 12.9. The Kier molecular flexibility index (Phi) is 4.52. The van der Waals surface area contributed by atoms with E-state index in [2.05, 4.69) is 15.4 Å². The average Bonchev–Trinajstić information content (AvgIpc) is 3.22. The summed E-state index contributed by atoms with van der Waals surface area (Å²) >= 11 is 5.87. The number of anilines is 1. The molecule has 7 nitrogen and oxygen atoms in total. The van der Waals surface area contributed by atoms with Gasteiger partial charge in [0.15, 0.2) is 17.1 Å². The topological polar surface area (TPSA) is 95.3 Å². The Morgan fingerprint density at radius 3 is 2.75 bits per heavy atom. The molecule has 0 aliphatic heterocycles. The lowest BCUT2D eigenvalue weighted by atomic mass is 10.1. The highest BCUT2D eigenvalue weighted by atomic mass is 35.5. The van der Waals surface area contributed by atoms with Crippen LogP contribution in [0.15, 0.2) is 41.2 Å². The Morgan fingerprint density at radius 1 is 1.38 bits per heavy atom. The largest absolute Gasteiger partial charge is 0.477 e. The van der Waals surface area contributed by atoms with Gasteiger partial charge in [0.1, 0.15) is 0 Å². The summed E-state index contributed by atoms with van der Waals surface area (Å²) in [6.07, 6.45) is 4.23. The van der Waals surface area contributed by atoms with E-state index in [1.165, 1.54) is 0 Å². The highest BCUT2D eigenvalue weighted by molar-refractivity contribution is 6.30. The number of hydrogen-bond donors (Lipinski definition) is 2. The number of carbonyl (C=O) groups is 1. The lowest BCUT2D eigenvalue weighted by Gasteiger charge is -2.15. The fraction of sp³-hybridized carbons (Fsp3) is 0.188. The van der Waals surface area contributed by atoms with Gasteiger partial charge < -0.3 is 14.5 Å². The molecular weight excluding hydrogens is 332 g/mol. The second-order valence-corrected chi connectivity index (χ2v) is 5.74. The van der Waals surface area contributed by atoms with Crippen LogP contribution in [0.3, 0.4) is 0 Å². The van der Waals surface area contributed by atoms with Gasteiger partial charge in [-0.05, 0) is 36.2 Å².